The van der Waals surface area contributed by atoms with Crippen molar-refractivity contribution in [3.8, 4) is 0 Å². The predicted molar refractivity (Wildman–Crippen MR) is 53.2 cm³/mol. The highest BCUT2D eigenvalue weighted by Crippen LogP contribution is 2.28. The lowest BCUT2D eigenvalue weighted by atomic mass is 9.79. The molecular formula is C10H20N2O. The van der Waals surface area contributed by atoms with Crippen molar-refractivity contribution in [2.45, 2.75) is 32.2 Å². The molecule has 0 aromatic heterocycles. The Labute approximate surface area is 80.3 Å². The highest BCUT2D eigenvalue weighted by molar-refractivity contribution is 5.78. The Balaban J connectivity index is 2.55. The first-order valence-electron chi connectivity index (χ1n) is 4.97. The summed E-state index contributed by atoms with van der Waals surface area (Å²) >= 11 is 0. The fourth-order valence-electron chi connectivity index (χ4n) is 2.22. The second-order valence-corrected chi connectivity index (χ2v) is 4.50. The molecule has 0 aromatic carbocycles. The van der Waals surface area contributed by atoms with Gasteiger partial charge in [-0.15, -0.1) is 0 Å². The molecule has 13 heavy (non-hydrogen) atoms. The van der Waals surface area contributed by atoms with E-state index >= 15 is 0 Å². The van der Waals surface area contributed by atoms with Crippen molar-refractivity contribution in [3.63, 3.8) is 0 Å². The van der Waals surface area contributed by atoms with Crippen LogP contribution in [0.15, 0.2) is 0 Å². The summed E-state index contributed by atoms with van der Waals surface area (Å²) in [5, 5.41) is 0. The van der Waals surface area contributed by atoms with Crippen LogP contribution in [-0.4, -0.2) is 30.9 Å². The summed E-state index contributed by atoms with van der Waals surface area (Å²) in [7, 11) is 3.63. The van der Waals surface area contributed by atoms with Gasteiger partial charge in [-0.3, -0.25) is 4.79 Å². The molecule has 0 spiro atoms. The molecule has 1 amide bonds. The number of carbonyl (C=O) groups is 1. The molecule has 1 rings (SSSR count). The van der Waals surface area contributed by atoms with E-state index < -0.39 is 0 Å². The fourth-order valence-corrected chi connectivity index (χ4v) is 2.22. The smallest absolute Gasteiger partial charge is 0.225 e. The first-order chi connectivity index (χ1) is 6.00. The quantitative estimate of drug-likeness (QED) is 0.656. The third kappa shape index (κ3) is 2.69. The van der Waals surface area contributed by atoms with E-state index in [1.165, 1.54) is 0 Å². The number of carbonyl (C=O) groups excluding carboxylic acids is 1. The molecule has 1 fully saturated rings. The van der Waals surface area contributed by atoms with Crippen molar-refractivity contribution in [3.05, 3.63) is 0 Å². The van der Waals surface area contributed by atoms with Gasteiger partial charge in [0.2, 0.25) is 5.91 Å². The topological polar surface area (TPSA) is 46.3 Å². The molecule has 3 atom stereocenters. The van der Waals surface area contributed by atoms with Crippen LogP contribution in [0.2, 0.25) is 0 Å². The lowest BCUT2D eigenvalue weighted by Crippen LogP contribution is -2.39. The van der Waals surface area contributed by atoms with E-state index in [2.05, 4.69) is 6.92 Å². The molecule has 0 radical (unpaired) electrons. The van der Waals surface area contributed by atoms with E-state index in [0.717, 1.165) is 19.3 Å². The molecule has 0 aromatic rings. The molecule has 76 valence electrons. The van der Waals surface area contributed by atoms with Gasteiger partial charge < -0.3 is 10.6 Å². The van der Waals surface area contributed by atoms with Crippen molar-refractivity contribution in [1.29, 1.82) is 0 Å². The van der Waals surface area contributed by atoms with E-state index in [9.17, 15) is 4.79 Å². The largest absolute Gasteiger partial charge is 0.349 e. The van der Waals surface area contributed by atoms with Crippen LogP contribution in [0.3, 0.4) is 0 Å². The van der Waals surface area contributed by atoms with Crippen LogP contribution in [0.25, 0.3) is 0 Å². The van der Waals surface area contributed by atoms with Crippen molar-refractivity contribution in [2.24, 2.45) is 17.6 Å². The lowest BCUT2D eigenvalue weighted by molar-refractivity contribution is -0.134. The molecule has 0 saturated heterocycles. The minimum absolute atomic E-state index is 0.161. The zero-order chi connectivity index (χ0) is 10.0. The number of hydrogen-bond donors (Lipinski definition) is 1. The Morgan fingerprint density at radius 2 is 1.92 bits per heavy atom. The first kappa shape index (κ1) is 10.5. The maximum atomic E-state index is 11.7. The van der Waals surface area contributed by atoms with Crippen molar-refractivity contribution in [1.82, 2.24) is 4.90 Å². The number of hydrogen-bond acceptors (Lipinski definition) is 2. The number of nitrogens with two attached hydrogens (primary N) is 1. The lowest BCUT2D eigenvalue weighted by Gasteiger charge is -2.31. The van der Waals surface area contributed by atoms with Gasteiger partial charge >= 0.3 is 0 Å². The van der Waals surface area contributed by atoms with E-state index in [-0.39, 0.29) is 17.9 Å². The molecule has 3 nitrogen and oxygen atoms in total. The highest BCUT2D eigenvalue weighted by atomic mass is 16.2. The first-order valence-corrected chi connectivity index (χ1v) is 4.97. The summed E-state index contributed by atoms with van der Waals surface area (Å²) in [6.07, 6.45) is 2.93. The molecule has 1 saturated carbocycles. The van der Waals surface area contributed by atoms with E-state index in [0.29, 0.717) is 5.92 Å². The van der Waals surface area contributed by atoms with E-state index in [4.69, 9.17) is 5.73 Å². The Morgan fingerprint density at radius 1 is 1.31 bits per heavy atom. The summed E-state index contributed by atoms with van der Waals surface area (Å²) < 4.78 is 0. The van der Waals surface area contributed by atoms with Crippen molar-refractivity contribution < 1.29 is 4.79 Å². The highest BCUT2D eigenvalue weighted by Gasteiger charge is 2.29. The molecule has 3 heteroatoms. The van der Waals surface area contributed by atoms with Crippen LogP contribution in [0.5, 0.6) is 0 Å². The summed E-state index contributed by atoms with van der Waals surface area (Å²) in [6.45, 7) is 2.18. The minimum atomic E-state index is 0.161. The summed E-state index contributed by atoms with van der Waals surface area (Å²) in [6, 6.07) is 0.220. The van der Waals surface area contributed by atoms with Crippen LogP contribution < -0.4 is 5.73 Å². The van der Waals surface area contributed by atoms with Crippen LogP contribution in [0, 0.1) is 11.8 Å². The zero-order valence-corrected chi connectivity index (χ0v) is 8.79. The predicted octanol–water partition coefficient (Wildman–Crippen LogP) is 0.838. The van der Waals surface area contributed by atoms with Gasteiger partial charge in [0.1, 0.15) is 0 Å². The van der Waals surface area contributed by atoms with Gasteiger partial charge in [-0.2, -0.15) is 0 Å². The molecular weight excluding hydrogens is 164 g/mol. The molecule has 2 N–H and O–H groups in total. The molecule has 3 unspecified atom stereocenters. The normalized spacial score (nSPS) is 34.3. The number of rotatable bonds is 1. The third-order valence-electron chi connectivity index (χ3n) is 2.77. The Morgan fingerprint density at radius 3 is 2.38 bits per heavy atom. The van der Waals surface area contributed by atoms with Gasteiger partial charge in [0.25, 0.3) is 0 Å². The van der Waals surface area contributed by atoms with E-state index in [1.807, 2.05) is 14.1 Å². The molecule has 0 heterocycles. The van der Waals surface area contributed by atoms with Crippen molar-refractivity contribution in [2.75, 3.05) is 14.1 Å². The van der Waals surface area contributed by atoms with Gasteiger partial charge in [0, 0.05) is 26.1 Å². The van der Waals surface area contributed by atoms with E-state index in [1.54, 1.807) is 4.90 Å². The fraction of sp³-hybridized carbons (Fsp3) is 0.900. The minimum Gasteiger partial charge on any atom is -0.349 e. The van der Waals surface area contributed by atoms with Crippen LogP contribution in [0.4, 0.5) is 0 Å². The average molecular weight is 184 g/mol. The maximum absolute atomic E-state index is 11.7. The third-order valence-corrected chi connectivity index (χ3v) is 2.77. The number of amides is 1. The molecule has 0 bridgehead atoms. The molecule has 0 aliphatic heterocycles. The second kappa shape index (κ2) is 4.09. The van der Waals surface area contributed by atoms with Gasteiger partial charge in [0.05, 0.1) is 0 Å². The monoisotopic (exact) mass is 184 g/mol. The number of nitrogens with zero attached hydrogens (tertiary/aromatic N) is 1. The Kier molecular flexibility index (Phi) is 3.31. The second-order valence-electron chi connectivity index (χ2n) is 4.50. The van der Waals surface area contributed by atoms with Crippen LogP contribution >= 0.6 is 0 Å². The average Bonchev–Trinajstić information content (AvgIpc) is 2.01. The Hall–Kier alpha value is -0.570. The van der Waals surface area contributed by atoms with Crippen LogP contribution in [0.1, 0.15) is 26.2 Å². The summed E-state index contributed by atoms with van der Waals surface area (Å²) in [4.78, 5) is 13.3. The maximum Gasteiger partial charge on any atom is 0.225 e. The van der Waals surface area contributed by atoms with Crippen LogP contribution in [-0.2, 0) is 4.79 Å². The van der Waals surface area contributed by atoms with Gasteiger partial charge in [-0.1, -0.05) is 6.92 Å². The SMILES string of the molecule is CC1CC(N)CC(C(=O)N(C)C)C1. The van der Waals surface area contributed by atoms with Gasteiger partial charge in [-0.05, 0) is 25.2 Å². The Bertz CT molecular complexity index is 181. The van der Waals surface area contributed by atoms with Crippen molar-refractivity contribution >= 4 is 5.91 Å². The van der Waals surface area contributed by atoms with Gasteiger partial charge in [0.15, 0.2) is 0 Å². The molecule has 1 aliphatic carbocycles. The standard InChI is InChI=1S/C10H20N2O/c1-7-4-8(6-9(11)5-7)10(13)12(2)3/h7-9H,4-6,11H2,1-3H3. The molecule has 1 aliphatic rings. The zero-order valence-electron chi connectivity index (χ0n) is 8.79. The summed E-state index contributed by atoms with van der Waals surface area (Å²) in [5.74, 6) is 0.994. The van der Waals surface area contributed by atoms with Gasteiger partial charge in [-0.25, -0.2) is 0 Å². The summed E-state index contributed by atoms with van der Waals surface area (Å²) in [5.41, 5.74) is 5.88.